The summed E-state index contributed by atoms with van der Waals surface area (Å²) in [5, 5.41) is 0. The zero-order valence-electron chi connectivity index (χ0n) is 14.0. The molecule has 5 heteroatoms. The lowest BCUT2D eigenvalue weighted by Crippen LogP contribution is -2.41. The Morgan fingerprint density at radius 3 is 2.58 bits per heavy atom. The van der Waals surface area contributed by atoms with Gasteiger partial charge in [0.25, 0.3) is 5.56 Å². The average Bonchev–Trinajstić information content (AvgIpc) is 2.64. The molecule has 1 heterocycles. The molecule has 0 saturated heterocycles. The zero-order valence-corrected chi connectivity index (χ0v) is 14.0. The Morgan fingerprint density at radius 2 is 1.92 bits per heavy atom. The maximum absolute atomic E-state index is 12.5. The van der Waals surface area contributed by atoms with Crippen LogP contribution in [-0.2, 0) is 11.3 Å². The van der Waals surface area contributed by atoms with E-state index in [2.05, 4.69) is 4.98 Å². The second-order valence-electron chi connectivity index (χ2n) is 6.40. The van der Waals surface area contributed by atoms with Crippen LogP contribution in [0.2, 0.25) is 0 Å². The van der Waals surface area contributed by atoms with Crippen molar-refractivity contribution in [3.8, 4) is 11.3 Å². The van der Waals surface area contributed by atoms with Gasteiger partial charge in [-0.05, 0) is 12.8 Å². The highest BCUT2D eigenvalue weighted by Crippen LogP contribution is 2.21. The van der Waals surface area contributed by atoms with E-state index in [0.717, 1.165) is 18.4 Å². The molecule has 0 spiro atoms. The molecule has 1 aromatic heterocycles. The number of hydrogen-bond donors (Lipinski definition) is 0. The Hall–Kier alpha value is -2.43. The Kier molecular flexibility index (Phi) is 5.08. The molecule has 1 amide bonds. The average molecular weight is 325 g/mol. The minimum atomic E-state index is -0.200. The van der Waals surface area contributed by atoms with Gasteiger partial charge in [0, 0.05) is 24.7 Å². The van der Waals surface area contributed by atoms with Gasteiger partial charge in [-0.15, -0.1) is 0 Å². The first-order valence-corrected chi connectivity index (χ1v) is 8.53. The Morgan fingerprint density at radius 1 is 1.21 bits per heavy atom. The molecule has 0 aliphatic heterocycles. The first-order valence-electron chi connectivity index (χ1n) is 8.53. The van der Waals surface area contributed by atoms with E-state index in [0.29, 0.717) is 11.7 Å². The van der Waals surface area contributed by atoms with Crippen LogP contribution in [0, 0.1) is 0 Å². The van der Waals surface area contributed by atoms with E-state index in [9.17, 15) is 9.59 Å². The molecule has 0 bridgehead atoms. The third-order valence-corrected chi connectivity index (χ3v) is 4.77. The van der Waals surface area contributed by atoms with Crippen molar-refractivity contribution in [2.75, 3.05) is 7.05 Å². The monoisotopic (exact) mass is 325 g/mol. The summed E-state index contributed by atoms with van der Waals surface area (Å²) in [6, 6.07) is 11.4. The predicted molar refractivity (Wildman–Crippen MR) is 93.6 cm³/mol. The quantitative estimate of drug-likeness (QED) is 0.868. The van der Waals surface area contributed by atoms with Crippen molar-refractivity contribution in [1.82, 2.24) is 14.5 Å². The largest absolute Gasteiger partial charge is 0.341 e. The molecule has 3 rings (SSSR count). The minimum absolute atomic E-state index is 0.0294. The normalized spacial score (nSPS) is 15.2. The van der Waals surface area contributed by atoms with E-state index < -0.39 is 0 Å². The molecule has 24 heavy (non-hydrogen) atoms. The molecule has 5 nitrogen and oxygen atoms in total. The van der Waals surface area contributed by atoms with Crippen LogP contribution in [0.25, 0.3) is 11.3 Å². The molecule has 0 N–H and O–H groups in total. The summed E-state index contributed by atoms with van der Waals surface area (Å²) in [5.41, 5.74) is 1.33. The van der Waals surface area contributed by atoms with Crippen molar-refractivity contribution in [2.45, 2.75) is 44.7 Å². The van der Waals surface area contributed by atoms with Gasteiger partial charge < -0.3 is 4.90 Å². The number of carbonyl (C=O) groups excluding carboxylic acids is 1. The van der Waals surface area contributed by atoms with Crippen LogP contribution in [0.15, 0.2) is 47.5 Å². The lowest BCUT2D eigenvalue weighted by Gasteiger charge is -2.31. The fourth-order valence-electron chi connectivity index (χ4n) is 3.24. The molecular formula is C19H23N3O2. The van der Waals surface area contributed by atoms with Crippen molar-refractivity contribution >= 4 is 5.91 Å². The highest BCUT2D eigenvalue weighted by atomic mass is 16.2. The first-order chi connectivity index (χ1) is 11.6. The molecule has 1 aliphatic carbocycles. The predicted octanol–water partition coefficient (Wildman–Crippen LogP) is 2.70. The Balaban J connectivity index is 1.71. The summed E-state index contributed by atoms with van der Waals surface area (Å²) < 4.78 is 1.38. The Bertz CT molecular complexity index is 749. The third kappa shape index (κ3) is 3.72. The summed E-state index contributed by atoms with van der Waals surface area (Å²) in [6.45, 7) is 0.0495. The van der Waals surface area contributed by atoms with E-state index in [1.54, 1.807) is 4.90 Å². The van der Waals surface area contributed by atoms with Gasteiger partial charge in [0.15, 0.2) is 0 Å². The number of aromatic nitrogens is 2. The standard InChI is InChI=1S/C19H23N3O2/c1-21(16-10-6-3-7-11-16)19(24)13-22-14-20-17(12-18(22)23)15-8-4-2-5-9-15/h2,4-5,8-9,12,14,16H,3,6-7,10-11,13H2,1H3. The van der Waals surface area contributed by atoms with Crippen LogP contribution >= 0.6 is 0 Å². The number of carbonyl (C=O) groups is 1. The fraction of sp³-hybridized carbons (Fsp3) is 0.421. The van der Waals surface area contributed by atoms with Crippen molar-refractivity contribution < 1.29 is 4.79 Å². The van der Waals surface area contributed by atoms with Gasteiger partial charge in [-0.3, -0.25) is 14.2 Å². The van der Waals surface area contributed by atoms with Crippen molar-refractivity contribution in [3.05, 3.63) is 53.1 Å². The highest BCUT2D eigenvalue weighted by molar-refractivity contribution is 5.76. The summed E-state index contributed by atoms with van der Waals surface area (Å²) in [7, 11) is 1.84. The fourth-order valence-corrected chi connectivity index (χ4v) is 3.24. The van der Waals surface area contributed by atoms with E-state index in [1.165, 1.54) is 36.2 Å². The van der Waals surface area contributed by atoms with Gasteiger partial charge >= 0.3 is 0 Å². The number of likely N-dealkylation sites (N-methyl/N-ethyl adjacent to an activating group) is 1. The van der Waals surface area contributed by atoms with E-state index in [-0.39, 0.29) is 18.0 Å². The molecule has 0 radical (unpaired) electrons. The van der Waals surface area contributed by atoms with Crippen LogP contribution < -0.4 is 5.56 Å². The molecule has 1 saturated carbocycles. The molecule has 0 unspecified atom stereocenters. The number of hydrogen-bond acceptors (Lipinski definition) is 3. The van der Waals surface area contributed by atoms with E-state index in [4.69, 9.17) is 0 Å². The molecule has 2 aromatic rings. The van der Waals surface area contributed by atoms with Gasteiger partial charge in [-0.25, -0.2) is 4.98 Å². The zero-order chi connectivity index (χ0) is 16.9. The maximum atomic E-state index is 12.5. The van der Waals surface area contributed by atoms with Crippen LogP contribution in [-0.4, -0.2) is 33.4 Å². The van der Waals surface area contributed by atoms with Crippen LogP contribution in [0.1, 0.15) is 32.1 Å². The van der Waals surface area contributed by atoms with Crippen LogP contribution in [0.4, 0.5) is 0 Å². The van der Waals surface area contributed by atoms with Crippen LogP contribution in [0.5, 0.6) is 0 Å². The smallest absolute Gasteiger partial charge is 0.254 e. The second kappa shape index (κ2) is 7.43. The lowest BCUT2D eigenvalue weighted by molar-refractivity contribution is -0.133. The molecule has 0 atom stereocenters. The number of benzene rings is 1. The summed E-state index contributed by atoms with van der Waals surface area (Å²) in [4.78, 5) is 30.9. The molecular weight excluding hydrogens is 302 g/mol. The molecule has 126 valence electrons. The summed E-state index contributed by atoms with van der Waals surface area (Å²) in [6.07, 6.45) is 7.19. The first kappa shape index (κ1) is 16.4. The minimum Gasteiger partial charge on any atom is -0.341 e. The maximum Gasteiger partial charge on any atom is 0.254 e. The van der Waals surface area contributed by atoms with Gasteiger partial charge in [0.05, 0.1) is 12.0 Å². The van der Waals surface area contributed by atoms with Gasteiger partial charge in [-0.2, -0.15) is 0 Å². The van der Waals surface area contributed by atoms with Crippen molar-refractivity contribution in [3.63, 3.8) is 0 Å². The lowest BCUT2D eigenvalue weighted by atomic mass is 9.94. The second-order valence-corrected chi connectivity index (χ2v) is 6.40. The van der Waals surface area contributed by atoms with Gasteiger partial charge in [-0.1, -0.05) is 49.6 Å². The van der Waals surface area contributed by atoms with Crippen LogP contribution in [0.3, 0.4) is 0 Å². The topological polar surface area (TPSA) is 55.2 Å². The Labute approximate surface area is 141 Å². The van der Waals surface area contributed by atoms with E-state index in [1.807, 2.05) is 37.4 Å². The molecule has 1 aliphatic rings. The highest BCUT2D eigenvalue weighted by Gasteiger charge is 2.22. The molecule has 1 fully saturated rings. The number of nitrogens with zero attached hydrogens (tertiary/aromatic N) is 3. The number of amides is 1. The summed E-state index contributed by atoms with van der Waals surface area (Å²) in [5.74, 6) is -0.0294. The van der Waals surface area contributed by atoms with Gasteiger partial charge in [0.1, 0.15) is 6.54 Å². The third-order valence-electron chi connectivity index (χ3n) is 4.77. The van der Waals surface area contributed by atoms with Crippen molar-refractivity contribution in [1.29, 1.82) is 0 Å². The van der Waals surface area contributed by atoms with E-state index >= 15 is 0 Å². The summed E-state index contributed by atoms with van der Waals surface area (Å²) >= 11 is 0. The number of rotatable bonds is 4. The van der Waals surface area contributed by atoms with Crippen molar-refractivity contribution in [2.24, 2.45) is 0 Å². The molecule has 1 aromatic carbocycles. The van der Waals surface area contributed by atoms with Gasteiger partial charge in [0.2, 0.25) is 5.91 Å². The SMILES string of the molecule is CN(C(=O)Cn1cnc(-c2ccccc2)cc1=O)C1CCCCC1.